The number of hydrogen-bond acceptors (Lipinski definition) is 6. The predicted molar refractivity (Wildman–Crippen MR) is 120 cm³/mol. The Kier molecular flexibility index (Phi) is 7.82. The van der Waals surface area contributed by atoms with Crippen molar-refractivity contribution in [1.29, 1.82) is 0 Å². The molecule has 2 atom stereocenters. The van der Waals surface area contributed by atoms with E-state index in [9.17, 15) is 13.2 Å². The van der Waals surface area contributed by atoms with Crippen molar-refractivity contribution in [1.82, 2.24) is 19.6 Å². The van der Waals surface area contributed by atoms with E-state index < -0.39 is 22.1 Å². The van der Waals surface area contributed by atoms with E-state index in [4.69, 9.17) is 34.7 Å². The van der Waals surface area contributed by atoms with Crippen LogP contribution in [0.1, 0.15) is 44.0 Å². The SMILES string of the molecule is Nc1c(Cl)cc(S(=O)(=O)N[C@@H](CCC(N)c2ncc[nH]2)C(=O)N2CCCCC2)cc1Cl. The van der Waals surface area contributed by atoms with Crippen LogP contribution in [0.25, 0.3) is 0 Å². The number of benzene rings is 1. The molecule has 1 aliphatic rings. The molecule has 0 spiro atoms. The Balaban J connectivity index is 1.81. The summed E-state index contributed by atoms with van der Waals surface area (Å²) in [5, 5.41) is 0.0400. The lowest BCUT2D eigenvalue weighted by atomic mass is 10.0. The van der Waals surface area contributed by atoms with Crippen LogP contribution < -0.4 is 16.2 Å². The van der Waals surface area contributed by atoms with Gasteiger partial charge < -0.3 is 21.4 Å². The zero-order valence-corrected chi connectivity index (χ0v) is 19.2. The zero-order valence-electron chi connectivity index (χ0n) is 16.9. The molecule has 1 aromatic carbocycles. The molecule has 0 radical (unpaired) electrons. The van der Waals surface area contributed by atoms with Crippen molar-refractivity contribution in [2.75, 3.05) is 18.8 Å². The third-order valence-corrected chi connectivity index (χ3v) is 7.34. The van der Waals surface area contributed by atoms with Gasteiger partial charge in [0, 0.05) is 25.5 Å². The second-order valence-electron chi connectivity index (χ2n) is 7.52. The monoisotopic (exact) mass is 488 g/mol. The molecule has 0 aliphatic carbocycles. The smallest absolute Gasteiger partial charge is 0.241 e. The van der Waals surface area contributed by atoms with E-state index in [1.54, 1.807) is 17.3 Å². The van der Waals surface area contributed by atoms with Gasteiger partial charge in [0.05, 0.1) is 26.7 Å². The number of nitrogens with two attached hydrogens (primary N) is 2. The number of sulfonamides is 1. The van der Waals surface area contributed by atoms with Crippen molar-refractivity contribution >= 4 is 44.8 Å². The number of piperidine rings is 1. The average Bonchev–Trinajstić information content (AvgIpc) is 3.29. The van der Waals surface area contributed by atoms with Gasteiger partial charge in [-0.2, -0.15) is 4.72 Å². The average molecular weight is 489 g/mol. The van der Waals surface area contributed by atoms with Crippen molar-refractivity contribution in [2.45, 2.75) is 49.1 Å². The molecule has 2 aromatic rings. The minimum Gasteiger partial charge on any atom is -0.396 e. The van der Waals surface area contributed by atoms with Crippen LogP contribution in [0.2, 0.25) is 10.0 Å². The first kappa shape index (κ1) is 23.8. The van der Waals surface area contributed by atoms with Crippen molar-refractivity contribution < 1.29 is 13.2 Å². The van der Waals surface area contributed by atoms with Crippen LogP contribution in [0.4, 0.5) is 5.69 Å². The van der Waals surface area contributed by atoms with Crippen LogP contribution >= 0.6 is 23.2 Å². The van der Waals surface area contributed by atoms with Gasteiger partial charge in [-0.15, -0.1) is 0 Å². The molecular formula is C19H26Cl2N6O3S. The van der Waals surface area contributed by atoms with Gasteiger partial charge in [0.2, 0.25) is 15.9 Å². The number of imidazole rings is 1. The van der Waals surface area contributed by atoms with Crippen LogP contribution in [0.15, 0.2) is 29.4 Å². The molecule has 1 unspecified atom stereocenters. The number of likely N-dealkylation sites (tertiary alicyclic amines) is 1. The summed E-state index contributed by atoms with van der Waals surface area (Å²) in [6.45, 7) is 1.20. The van der Waals surface area contributed by atoms with E-state index in [1.807, 2.05) is 0 Å². The second-order valence-corrected chi connectivity index (χ2v) is 10.0. The lowest BCUT2D eigenvalue weighted by molar-refractivity contribution is -0.134. The predicted octanol–water partition coefficient (Wildman–Crippen LogP) is 2.44. The number of carbonyl (C=O) groups is 1. The molecule has 12 heteroatoms. The molecule has 9 nitrogen and oxygen atoms in total. The van der Waals surface area contributed by atoms with E-state index in [0.717, 1.165) is 19.3 Å². The fraction of sp³-hybridized carbons (Fsp3) is 0.474. The number of carbonyl (C=O) groups excluding carboxylic acids is 1. The lowest BCUT2D eigenvalue weighted by Gasteiger charge is -2.31. The highest BCUT2D eigenvalue weighted by atomic mass is 35.5. The Morgan fingerprint density at radius 2 is 1.84 bits per heavy atom. The Morgan fingerprint density at radius 3 is 2.42 bits per heavy atom. The number of aromatic nitrogens is 2. The van der Waals surface area contributed by atoms with Crippen LogP contribution in [0.5, 0.6) is 0 Å². The molecule has 1 aromatic heterocycles. The van der Waals surface area contributed by atoms with Gasteiger partial charge in [0.1, 0.15) is 11.9 Å². The summed E-state index contributed by atoms with van der Waals surface area (Å²) < 4.78 is 28.6. The summed E-state index contributed by atoms with van der Waals surface area (Å²) in [6.07, 6.45) is 6.62. The maximum absolute atomic E-state index is 13.2. The molecule has 1 amide bonds. The zero-order chi connectivity index (χ0) is 22.6. The minimum absolute atomic E-state index is 0.0200. The van der Waals surface area contributed by atoms with E-state index in [-0.39, 0.29) is 33.0 Å². The minimum atomic E-state index is -4.09. The largest absolute Gasteiger partial charge is 0.396 e. The van der Waals surface area contributed by atoms with Crippen molar-refractivity contribution in [2.24, 2.45) is 5.73 Å². The number of H-pyrrole nitrogens is 1. The molecule has 1 aliphatic heterocycles. The Bertz CT molecular complexity index is 987. The number of anilines is 1. The molecule has 0 bridgehead atoms. The van der Waals surface area contributed by atoms with Crippen LogP contribution in [-0.4, -0.2) is 48.3 Å². The molecule has 31 heavy (non-hydrogen) atoms. The summed E-state index contributed by atoms with van der Waals surface area (Å²) >= 11 is 12.0. The highest BCUT2D eigenvalue weighted by molar-refractivity contribution is 7.89. The quantitative estimate of drug-likeness (QED) is 0.419. The van der Waals surface area contributed by atoms with Gasteiger partial charge in [-0.25, -0.2) is 13.4 Å². The summed E-state index contributed by atoms with van der Waals surface area (Å²) in [6, 6.07) is 0.973. The number of hydrogen-bond donors (Lipinski definition) is 4. The van der Waals surface area contributed by atoms with E-state index >= 15 is 0 Å². The topological polar surface area (TPSA) is 147 Å². The van der Waals surface area contributed by atoms with Gasteiger partial charge in [0.25, 0.3) is 0 Å². The highest BCUT2D eigenvalue weighted by Gasteiger charge is 2.31. The van der Waals surface area contributed by atoms with Gasteiger partial charge >= 0.3 is 0 Å². The number of rotatable bonds is 8. The van der Waals surface area contributed by atoms with Crippen molar-refractivity contribution in [3.8, 4) is 0 Å². The molecule has 1 saturated heterocycles. The Labute approximate surface area is 191 Å². The number of nitrogen functional groups attached to an aromatic ring is 1. The van der Waals surface area contributed by atoms with Crippen molar-refractivity contribution in [3.05, 3.63) is 40.4 Å². The number of aromatic amines is 1. The first-order chi connectivity index (χ1) is 14.7. The van der Waals surface area contributed by atoms with E-state index in [1.165, 1.54) is 12.1 Å². The standard InChI is InChI=1S/C19H26Cl2N6O3S/c20-13-10-12(11-14(21)17(13)23)31(29,30)26-16(19(28)27-8-2-1-3-9-27)5-4-15(22)18-24-6-7-25-18/h6-7,10-11,15-16,26H,1-5,8-9,22-23H2,(H,24,25)/t15?,16-/m0/s1. The molecule has 1 fully saturated rings. The second kappa shape index (κ2) is 10.2. The molecule has 0 saturated carbocycles. The van der Waals surface area contributed by atoms with Crippen LogP contribution in [0.3, 0.4) is 0 Å². The summed E-state index contributed by atoms with van der Waals surface area (Å²) in [7, 11) is -4.09. The van der Waals surface area contributed by atoms with Gasteiger partial charge in [-0.05, 0) is 44.2 Å². The van der Waals surface area contributed by atoms with E-state index in [0.29, 0.717) is 25.3 Å². The molecule has 170 valence electrons. The normalized spacial score (nSPS) is 16.8. The maximum Gasteiger partial charge on any atom is 0.241 e. The number of halogens is 2. The third-order valence-electron chi connectivity index (χ3n) is 5.26. The summed E-state index contributed by atoms with van der Waals surface area (Å²) in [5.41, 5.74) is 11.9. The lowest BCUT2D eigenvalue weighted by Crippen LogP contribution is -2.50. The maximum atomic E-state index is 13.2. The fourth-order valence-electron chi connectivity index (χ4n) is 3.50. The fourth-order valence-corrected chi connectivity index (χ4v) is 5.39. The Morgan fingerprint density at radius 1 is 1.19 bits per heavy atom. The third kappa shape index (κ3) is 5.89. The van der Waals surface area contributed by atoms with E-state index in [2.05, 4.69) is 14.7 Å². The number of nitrogens with zero attached hydrogens (tertiary/aromatic N) is 2. The molecular weight excluding hydrogens is 463 g/mol. The number of amides is 1. The first-order valence-electron chi connectivity index (χ1n) is 9.99. The van der Waals surface area contributed by atoms with Crippen LogP contribution in [-0.2, 0) is 14.8 Å². The summed E-state index contributed by atoms with van der Waals surface area (Å²) in [4.78, 5) is 21.7. The molecule has 3 rings (SSSR count). The first-order valence-corrected chi connectivity index (χ1v) is 12.2. The van der Waals surface area contributed by atoms with Crippen LogP contribution in [0, 0.1) is 0 Å². The highest BCUT2D eigenvalue weighted by Crippen LogP contribution is 2.31. The van der Waals surface area contributed by atoms with Gasteiger partial charge in [0.15, 0.2) is 0 Å². The molecule has 6 N–H and O–H groups in total. The van der Waals surface area contributed by atoms with Gasteiger partial charge in [-0.1, -0.05) is 23.2 Å². The molecule has 2 heterocycles. The van der Waals surface area contributed by atoms with Crippen molar-refractivity contribution in [3.63, 3.8) is 0 Å². The Hall–Kier alpha value is -1.85. The number of nitrogens with one attached hydrogen (secondary N) is 2. The summed E-state index contributed by atoms with van der Waals surface area (Å²) in [5.74, 6) is 0.298. The van der Waals surface area contributed by atoms with Gasteiger partial charge in [-0.3, -0.25) is 4.79 Å².